The van der Waals surface area contributed by atoms with Crippen LogP contribution >= 0.6 is 0 Å². The Balaban J connectivity index is 1.59. The van der Waals surface area contributed by atoms with Crippen molar-refractivity contribution in [3.05, 3.63) is 41.2 Å². The minimum absolute atomic E-state index is 0.276. The van der Waals surface area contributed by atoms with Crippen LogP contribution in [0.2, 0.25) is 0 Å². The molecule has 2 heterocycles. The number of hydrogen-bond acceptors (Lipinski definition) is 6. The van der Waals surface area contributed by atoms with Crippen molar-refractivity contribution in [2.24, 2.45) is 0 Å². The molecule has 7 nitrogen and oxygen atoms in total. The maximum atomic E-state index is 12.5. The summed E-state index contributed by atoms with van der Waals surface area (Å²) >= 11 is 0. The molecule has 27 heavy (non-hydrogen) atoms. The largest absolute Gasteiger partial charge is 0.369 e. The van der Waals surface area contributed by atoms with Gasteiger partial charge in [0, 0.05) is 32.2 Å². The van der Waals surface area contributed by atoms with Crippen LogP contribution in [0.3, 0.4) is 0 Å². The lowest BCUT2D eigenvalue weighted by molar-refractivity contribution is 0.582. The van der Waals surface area contributed by atoms with Gasteiger partial charge < -0.3 is 10.2 Å². The minimum Gasteiger partial charge on any atom is -0.369 e. The molecule has 2 aromatic rings. The highest BCUT2D eigenvalue weighted by Gasteiger charge is 2.17. The number of nitrogens with zero attached hydrogens (tertiary/aromatic N) is 3. The molecule has 1 fully saturated rings. The first-order chi connectivity index (χ1) is 12.8. The van der Waals surface area contributed by atoms with Gasteiger partial charge in [-0.15, -0.1) is 0 Å². The van der Waals surface area contributed by atoms with Crippen molar-refractivity contribution in [1.82, 2.24) is 14.7 Å². The zero-order valence-electron chi connectivity index (χ0n) is 16.1. The SMILES string of the molecule is Cc1ccc(C)c(S(=O)(=O)NCCNc2cc(N3CCCC3)nc(C)n2)c1. The molecule has 1 aliphatic heterocycles. The Morgan fingerprint density at radius 2 is 1.78 bits per heavy atom. The first-order valence-electron chi connectivity index (χ1n) is 9.26. The van der Waals surface area contributed by atoms with Crippen LogP contribution in [0.1, 0.15) is 29.8 Å². The summed E-state index contributed by atoms with van der Waals surface area (Å²) in [5, 5.41) is 3.19. The van der Waals surface area contributed by atoms with Crippen LogP contribution in [0.25, 0.3) is 0 Å². The van der Waals surface area contributed by atoms with E-state index in [4.69, 9.17) is 0 Å². The average molecular weight is 390 g/mol. The van der Waals surface area contributed by atoms with E-state index in [-0.39, 0.29) is 6.54 Å². The molecule has 0 aliphatic carbocycles. The fraction of sp³-hybridized carbons (Fsp3) is 0.474. The van der Waals surface area contributed by atoms with E-state index in [2.05, 4.69) is 24.9 Å². The third kappa shape index (κ3) is 4.95. The van der Waals surface area contributed by atoms with Crippen molar-refractivity contribution in [2.75, 3.05) is 36.4 Å². The van der Waals surface area contributed by atoms with Gasteiger partial charge in [-0.2, -0.15) is 0 Å². The van der Waals surface area contributed by atoms with Gasteiger partial charge in [0.2, 0.25) is 10.0 Å². The van der Waals surface area contributed by atoms with Crippen LogP contribution in [0.4, 0.5) is 11.6 Å². The standard InChI is InChI=1S/C19H27N5O2S/c1-14-6-7-15(2)17(12-14)27(25,26)21-9-8-20-18-13-19(23-16(3)22-18)24-10-4-5-11-24/h6-7,12-13,21H,4-5,8-11H2,1-3H3,(H,20,22,23). The minimum atomic E-state index is -3.53. The molecule has 1 saturated heterocycles. The maximum absolute atomic E-state index is 12.5. The molecule has 3 rings (SSSR count). The summed E-state index contributed by atoms with van der Waals surface area (Å²) in [6.45, 7) is 8.31. The van der Waals surface area contributed by atoms with E-state index in [1.807, 2.05) is 32.0 Å². The Kier molecular flexibility index (Phi) is 5.96. The van der Waals surface area contributed by atoms with Gasteiger partial charge in [-0.05, 0) is 50.8 Å². The lowest BCUT2D eigenvalue weighted by atomic mass is 10.2. The molecule has 0 unspecified atom stereocenters. The van der Waals surface area contributed by atoms with E-state index < -0.39 is 10.0 Å². The number of anilines is 2. The molecular weight excluding hydrogens is 362 g/mol. The summed E-state index contributed by atoms with van der Waals surface area (Å²) in [4.78, 5) is 11.5. The number of nitrogens with one attached hydrogen (secondary N) is 2. The number of sulfonamides is 1. The topological polar surface area (TPSA) is 87.2 Å². The number of rotatable bonds is 7. The fourth-order valence-electron chi connectivity index (χ4n) is 3.20. The second-order valence-electron chi connectivity index (χ2n) is 6.95. The quantitative estimate of drug-likeness (QED) is 0.707. The van der Waals surface area contributed by atoms with E-state index in [1.54, 1.807) is 13.0 Å². The highest BCUT2D eigenvalue weighted by molar-refractivity contribution is 7.89. The summed E-state index contributed by atoms with van der Waals surface area (Å²) < 4.78 is 27.7. The van der Waals surface area contributed by atoms with Crippen molar-refractivity contribution >= 4 is 21.7 Å². The smallest absolute Gasteiger partial charge is 0.240 e. The lowest BCUT2D eigenvalue weighted by Gasteiger charge is -2.18. The summed E-state index contributed by atoms with van der Waals surface area (Å²) in [7, 11) is -3.53. The van der Waals surface area contributed by atoms with Gasteiger partial charge in [-0.3, -0.25) is 0 Å². The van der Waals surface area contributed by atoms with Gasteiger partial charge in [0.15, 0.2) is 0 Å². The summed E-state index contributed by atoms with van der Waals surface area (Å²) in [5.74, 6) is 2.35. The van der Waals surface area contributed by atoms with E-state index in [1.165, 1.54) is 12.8 Å². The summed E-state index contributed by atoms with van der Waals surface area (Å²) in [5.41, 5.74) is 1.66. The van der Waals surface area contributed by atoms with Crippen molar-refractivity contribution in [3.63, 3.8) is 0 Å². The Morgan fingerprint density at radius 3 is 2.52 bits per heavy atom. The molecule has 146 valence electrons. The monoisotopic (exact) mass is 389 g/mol. The van der Waals surface area contributed by atoms with E-state index >= 15 is 0 Å². The van der Waals surface area contributed by atoms with Gasteiger partial charge in [0.1, 0.15) is 17.5 Å². The van der Waals surface area contributed by atoms with E-state index in [9.17, 15) is 8.42 Å². The van der Waals surface area contributed by atoms with E-state index in [0.29, 0.717) is 17.3 Å². The molecule has 1 aliphatic rings. The van der Waals surface area contributed by atoms with Gasteiger partial charge in [0.25, 0.3) is 0 Å². The average Bonchev–Trinajstić information content (AvgIpc) is 3.15. The summed E-state index contributed by atoms with van der Waals surface area (Å²) in [6, 6.07) is 7.36. The zero-order chi connectivity index (χ0) is 19.4. The molecule has 1 aromatic heterocycles. The zero-order valence-corrected chi connectivity index (χ0v) is 16.9. The first kappa shape index (κ1) is 19.6. The molecule has 8 heteroatoms. The molecule has 2 N–H and O–H groups in total. The predicted molar refractivity (Wildman–Crippen MR) is 108 cm³/mol. The Morgan fingerprint density at radius 1 is 1.04 bits per heavy atom. The normalized spacial score (nSPS) is 14.6. The third-order valence-corrected chi connectivity index (χ3v) is 6.21. The number of hydrogen-bond donors (Lipinski definition) is 2. The Labute approximate surface area is 161 Å². The second-order valence-corrected chi connectivity index (χ2v) is 8.68. The maximum Gasteiger partial charge on any atom is 0.240 e. The molecule has 0 atom stereocenters. The molecule has 0 bridgehead atoms. The van der Waals surface area contributed by atoms with Crippen molar-refractivity contribution in [3.8, 4) is 0 Å². The molecular formula is C19H27N5O2S. The summed E-state index contributed by atoms with van der Waals surface area (Å²) in [6.07, 6.45) is 2.37. The highest BCUT2D eigenvalue weighted by atomic mass is 32.2. The fourth-order valence-corrected chi connectivity index (χ4v) is 4.56. The van der Waals surface area contributed by atoms with E-state index in [0.717, 1.165) is 35.9 Å². The van der Waals surface area contributed by atoms with Crippen LogP contribution < -0.4 is 14.9 Å². The Bertz CT molecular complexity index is 908. The number of benzene rings is 1. The predicted octanol–water partition coefficient (Wildman–Crippen LogP) is 2.39. The van der Waals surface area contributed by atoms with Crippen LogP contribution in [0, 0.1) is 20.8 Å². The molecule has 1 aromatic carbocycles. The highest BCUT2D eigenvalue weighted by Crippen LogP contribution is 2.20. The van der Waals surface area contributed by atoms with Crippen LogP contribution in [-0.4, -0.2) is 44.6 Å². The second kappa shape index (κ2) is 8.22. The number of aromatic nitrogens is 2. The Hall–Kier alpha value is -2.19. The van der Waals surface area contributed by atoms with Crippen LogP contribution in [0.15, 0.2) is 29.2 Å². The van der Waals surface area contributed by atoms with Crippen LogP contribution in [-0.2, 0) is 10.0 Å². The van der Waals surface area contributed by atoms with Crippen molar-refractivity contribution < 1.29 is 8.42 Å². The lowest BCUT2D eigenvalue weighted by Crippen LogP contribution is -2.29. The van der Waals surface area contributed by atoms with Gasteiger partial charge in [0.05, 0.1) is 4.90 Å². The van der Waals surface area contributed by atoms with Gasteiger partial charge in [-0.25, -0.2) is 23.1 Å². The third-order valence-electron chi connectivity index (χ3n) is 4.61. The van der Waals surface area contributed by atoms with Gasteiger partial charge >= 0.3 is 0 Å². The molecule has 0 radical (unpaired) electrons. The number of aryl methyl sites for hydroxylation is 3. The molecule has 0 amide bonds. The first-order valence-corrected chi connectivity index (χ1v) is 10.7. The van der Waals surface area contributed by atoms with Crippen LogP contribution in [0.5, 0.6) is 0 Å². The van der Waals surface area contributed by atoms with Crippen molar-refractivity contribution in [1.29, 1.82) is 0 Å². The van der Waals surface area contributed by atoms with Crippen molar-refractivity contribution in [2.45, 2.75) is 38.5 Å². The van der Waals surface area contributed by atoms with Gasteiger partial charge in [-0.1, -0.05) is 12.1 Å². The molecule has 0 saturated carbocycles. The molecule has 0 spiro atoms.